The first kappa shape index (κ1) is 17.6. The molecule has 0 saturated carbocycles. The number of nitrogens with zero attached hydrogens (tertiary/aromatic N) is 2. The van der Waals surface area contributed by atoms with Crippen LogP contribution in [0.15, 0.2) is 71.9 Å². The Morgan fingerprint density at radius 1 is 1.00 bits per heavy atom. The smallest absolute Gasteiger partial charge is 0.183 e. The summed E-state index contributed by atoms with van der Waals surface area (Å²) in [6.45, 7) is 4.26. The molecule has 142 valence electrons. The van der Waals surface area contributed by atoms with Crippen LogP contribution in [0.3, 0.4) is 0 Å². The maximum atomic E-state index is 13.1. The van der Waals surface area contributed by atoms with Crippen molar-refractivity contribution in [2.75, 3.05) is 13.1 Å². The van der Waals surface area contributed by atoms with Gasteiger partial charge in [0.1, 0.15) is 0 Å². The molecule has 5 heteroatoms. The Kier molecular flexibility index (Phi) is 4.11. The molecule has 0 radical (unpaired) electrons. The minimum absolute atomic E-state index is 0.0478. The largest absolute Gasteiger partial charge is 0.297 e. The van der Waals surface area contributed by atoms with Gasteiger partial charge in [-0.05, 0) is 53.4 Å². The fourth-order valence-corrected chi connectivity index (χ4v) is 6.84. The standard InChI is InChI=1S/C23H22N2O2S/c1-16-3-2-4-17(11-16)13-25-14-21-20-12-19(18-7-9-24-10-8-18)5-6-22(20)28(26,27)23(21)15-25/h2-12,21,23H,13-15H2,1H3/t21-,23+/m1/s1. The molecule has 1 aromatic heterocycles. The lowest BCUT2D eigenvalue weighted by atomic mass is 9.95. The molecular formula is C23H22N2O2S. The van der Waals surface area contributed by atoms with Gasteiger partial charge in [0.25, 0.3) is 0 Å². The Labute approximate surface area is 165 Å². The molecule has 0 spiro atoms. The van der Waals surface area contributed by atoms with E-state index in [0.29, 0.717) is 11.4 Å². The van der Waals surface area contributed by atoms with Crippen LogP contribution < -0.4 is 0 Å². The van der Waals surface area contributed by atoms with E-state index in [1.807, 2.05) is 18.2 Å². The molecule has 0 amide bonds. The van der Waals surface area contributed by atoms with Gasteiger partial charge in [0.15, 0.2) is 9.84 Å². The number of pyridine rings is 1. The molecule has 1 saturated heterocycles. The number of benzene rings is 2. The zero-order valence-corrected chi connectivity index (χ0v) is 16.6. The summed E-state index contributed by atoms with van der Waals surface area (Å²) in [6, 6.07) is 18.1. The molecule has 0 bridgehead atoms. The normalized spacial score (nSPS) is 22.8. The Bertz CT molecular complexity index is 1140. The van der Waals surface area contributed by atoms with E-state index < -0.39 is 9.84 Å². The van der Waals surface area contributed by atoms with Crippen LogP contribution in [-0.4, -0.2) is 36.6 Å². The molecule has 2 aliphatic heterocycles. The maximum Gasteiger partial charge on any atom is 0.183 e. The number of aromatic nitrogens is 1. The summed E-state index contributed by atoms with van der Waals surface area (Å²) >= 11 is 0. The third-order valence-electron chi connectivity index (χ3n) is 5.96. The lowest BCUT2D eigenvalue weighted by Gasteiger charge is -2.18. The molecule has 5 rings (SSSR count). The summed E-state index contributed by atoms with van der Waals surface area (Å²) in [5.74, 6) is 0.0478. The highest BCUT2D eigenvalue weighted by Crippen LogP contribution is 2.46. The monoisotopic (exact) mass is 390 g/mol. The molecule has 28 heavy (non-hydrogen) atoms. The van der Waals surface area contributed by atoms with Crippen molar-refractivity contribution in [3.8, 4) is 11.1 Å². The zero-order valence-electron chi connectivity index (χ0n) is 15.7. The lowest BCUT2D eigenvalue weighted by molar-refractivity contribution is 0.325. The first-order valence-corrected chi connectivity index (χ1v) is 11.1. The highest BCUT2D eigenvalue weighted by Gasteiger charge is 2.50. The van der Waals surface area contributed by atoms with E-state index in [2.05, 4.69) is 47.1 Å². The first-order valence-electron chi connectivity index (χ1n) is 9.58. The Hall–Kier alpha value is -2.50. The van der Waals surface area contributed by atoms with E-state index in [1.165, 1.54) is 11.1 Å². The van der Waals surface area contributed by atoms with E-state index >= 15 is 0 Å². The second-order valence-corrected chi connectivity index (χ2v) is 10.00. The predicted molar refractivity (Wildman–Crippen MR) is 110 cm³/mol. The average Bonchev–Trinajstić information content (AvgIpc) is 3.20. The molecule has 1 fully saturated rings. The number of aryl methyl sites for hydroxylation is 1. The number of fused-ring (bicyclic) bond motifs is 3. The van der Waals surface area contributed by atoms with Crippen LogP contribution in [0.4, 0.5) is 0 Å². The Morgan fingerprint density at radius 2 is 1.82 bits per heavy atom. The molecule has 2 atom stereocenters. The summed E-state index contributed by atoms with van der Waals surface area (Å²) in [7, 11) is -3.27. The number of sulfone groups is 1. The zero-order chi connectivity index (χ0) is 19.3. The number of rotatable bonds is 3. The van der Waals surface area contributed by atoms with Gasteiger partial charge in [-0.2, -0.15) is 0 Å². The van der Waals surface area contributed by atoms with Crippen molar-refractivity contribution in [1.82, 2.24) is 9.88 Å². The van der Waals surface area contributed by atoms with E-state index in [1.54, 1.807) is 18.5 Å². The van der Waals surface area contributed by atoms with Crippen molar-refractivity contribution in [3.63, 3.8) is 0 Å². The van der Waals surface area contributed by atoms with Gasteiger partial charge in [0, 0.05) is 37.9 Å². The fraction of sp³-hybridized carbons (Fsp3) is 0.261. The van der Waals surface area contributed by atoms with Crippen molar-refractivity contribution < 1.29 is 8.42 Å². The van der Waals surface area contributed by atoms with Crippen LogP contribution >= 0.6 is 0 Å². The van der Waals surface area contributed by atoms with Crippen molar-refractivity contribution >= 4 is 9.84 Å². The highest BCUT2D eigenvalue weighted by molar-refractivity contribution is 7.92. The molecule has 2 aromatic carbocycles. The molecule has 0 unspecified atom stereocenters. The Balaban J connectivity index is 1.47. The second-order valence-electron chi connectivity index (χ2n) is 7.86. The molecule has 0 aliphatic carbocycles. The summed E-state index contributed by atoms with van der Waals surface area (Å²) in [5.41, 5.74) is 5.56. The Morgan fingerprint density at radius 3 is 2.61 bits per heavy atom. The maximum absolute atomic E-state index is 13.1. The quantitative estimate of drug-likeness (QED) is 0.682. The van der Waals surface area contributed by atoms with Gasteiger partial charge >= 0.3 is 0 Å². The first-order chi connectivity index (χ1) is 13.5. The van der Waals surface area contributed by atoms with Crippen LogP contribution in [0.1, 0.15) is 22.6 Å². The van der Waals surface area contributed by atoms with Crippen LogP contribution in [0, 0.1) is 6.92 Å². The van der Waals surface area contributed by atoms with Crippen LogP contribution in [0.25, 0.3) is 11.1 Å². The van der Waals surface area contributed by atoms with Crippen LogP contribution in [0.2, 0.25) is 0 Å². The molecule has 3 heterocycles. The van der Waals surface area contributed by atoms with Crippen molar-refractivity contribution in [2.45, 2.75) is 29.5 Å². The summed E-state index contributed by atoms with van der Waals surface area (Å²) in [4.78, 5) is 6.88. The van der Waals surface area contributed by atoms with Gasteiger partial charge in [-0.15, -0.1) is 0 Å². The van der Waals surface area contributed by atoms with Gasteiger partial charge in [-0.1, -0.05) is 35.9 Å². The van der Waals surface area contributed by atoms with E-state index in [9.17, 15) is 8.42 Å². The second kappa shape index (κ2) is 6.54. The summed E-state index contributed by atoms with van der Waals surface area (Å²) in [6.07, 6.45) is 3.53. The number of hydrogen-bond acceptors (Lipinski definition) is 4. The van der Waals surface area contributed by atoms with Gasteiger partial charge in [-0.3, -0.25) is 9.88 Å². The third-order valence-corrected chi connectivity index (χ3v) is 8.22. The molecule has 2 aliphatic rings. The molecule has 3 aromatic rings. The number of likely N-dealkylation sites (tertiary alicyclic amines) is 1. The van der Waals surface area contributed by atoms with Gasteiger partial charge in [0.05, 0.1) is 10.1 Å². The molecule has 4 nitrogen and oxygen atoms in total. The lowest BCUT2D eigenvalue weighted by Crippen LogP contribution is -2.25. The topological polar surface area (TPSA) is 50.3 Å². The molecular weight excluding hydrogens is 368 g/mol. The molecule has 0 N–H and O–H groups in total. The minimum Gasteiger partial charge on any atom is -0.297 e. The minimum atomic E-state index is -3.27. The highest BCUT2D eigenvalue weighted by atomic mass is 32.2. The average molecular weight is 391 g/mol. The predicted octanol–water partition coefficient (Wildman–Crippen LogP) is 3.81. The van der Waals surface area contributed by atoms with E-state index in [4.69, 9.17) is 0 Å². The van der Waals surface area contributed by atoms with Crippen LogP contribution in [-0.2, 0) is 16.4 Å². The van der Waals surface area contributed by atoms with Crippen molar-refractivity contribution in [1.29, 1.82) is 0 Å². The van der Waals surface area contributed by atoms with E-state index in [-0.39, 0.29) is 11.2 Å². The van der Waals surface area contributed by atoms with Crippen molar-refractivity contribution in [3.05, 3.63) is 83.7 Å². The van der Waals surface area contributed by atoms with Gasteiger partial charge in [-0.25, -0.2) is 8.42 Å². The SMILES string of the molecule is Cc1cccc(CN2C[C@@H]3c4cc(-c5ccncc5)ccc4S(=O)(=O)[C@H]3C2)c1. The van der Waals surface area contributed by atoms with E-state index in [0.717, 1.165) is 29.8 Å². The fourth-order valence-electron chi connectivity index (χ4n) is 4.65. The van der Waals surface area contributed by atoms with Gasteiger partial charge < -0.3 is 0 Å². The summed E-state index contributed by atoms with van der Waals surface area (Å²) < 4.78 is 26.3. The van der Waals surface area contributed by atoms with Gasteiger partial charge in [0.2, 0.25) is 0 Å². The summed E-state index contributed by atoms with van der Waals surface area (Å²) in [5, 5.41) is -0.333. The van der Waals surface area contributed by atoms with Crippen molar-refractivity contribution in [2.24, 2.45) is 0 Å². The third kappa shape index (κ3) is 2.86. The number of hydrogen-bond donors (Lipinski definition) is 0. The van der Waals surface area contributed by atoms with Crippen LogP contribution in [0.5, 0.6) is 0 Å².